The average molecular weight is 379 g/mol. The summed E-state index contributed by atoms with van der Waals surface area (Å²) < 4.78 is 7.05. The minimum absolute atomic E-state index is 0.0203. The third-order valence-electron chi connectivity index (χ3n) is 3.31. The molecule has 3 rings (SSSR count). The number of methoxy groups -OCH3 is 1. The van der Waals surface area contributed by atoms with Gasteiger partial charge < -0.3 is 10.1 Å². The molecule has 0 aliphatic heterocycles. The normalized spacial score (nSPS) is 10.8. The van der Waals surface area contributed by atoms with Crippen LogP contribution in [-0.2, 0) is 11.3 Å². The number of fused-ring (bicyclic) bond motifs is 1. The molecule has 0 unspecified atom stereocenters. The number of nitrogens with zero attached hydrogens (tertiary/aromatic N) is 1. The number of rotatable bonds is 6. The van der Waals surface area contributed by atoms with Crippen LogP contribution in [0.25, 0.3) is 10.2 Å². The third kappa shape index (κ3) is 4.41. The second-order valence-electron chi connectivity index (χ2n) is 5.01. The number of ether oxygens (including phenoxy) is 1. The number of hydrogen-bond acceptors (Lipinski definition) is 5. The summed E-state index contributed by atoms with van der Waals surface area (Å²) in [4.78, 5) is 16.5. The minimum Gasteiger partial charge on any atom is -0.497 e. The molecule has 0 bridgehead atoms. The molecule has 0 fully saturated rings. The van der Waals surface area contributed by atoms with Gasteiger partial charge in [-0.3, -0.25) is 4.79 Å². The van der Waals surface area contributed by atoms with Crippen LogP contribution in [0.15, 0.2) is 46.8 Å². The lowest BCUT2D eigenvalue weighted by Gasteiger charge is -2.05. The van der Waals surface area contributed by atoms with Gasteiger partial charge in [-0.25, -0.2) is 4.98 Å². The highest BCUT2D eigenvalue weighted by atomic mass is 35.5. The van der Waals surface area contributed by atoms with E-state index in [1.165, 1.54) is 11.8 Å². The molecule has 0 saturated heterocycles. The zero-order valence-corrected chi connectivity index (χ0v) is 15.3. The molecule has 124 valence electrons. The second-order valence-corrected chi connectivity index (χ2v) is 7.69. The fourth-order valence-corrected chi connectivity index (χ4v) is 4.11. The van der Waals surface area contributed by atoms with Crippen LogP contribution in [0.2, 0.25) is 5.02 Å². The summed E-state index contributed by atoms with van der Waals surface area (Å²) in [5, 5.41) is 3.57. The second kappa shape index (κ2) is 7.88. The molecule has 7 heteroatoms. The van der Waals surface area contributed by atoms with Crippen molar-refractivity contribution in [2.24, 2.45) is 0 Å². The van der Waals surface area contributed by atoms with E-state index in [2.05, 4.69) is 10.3 Å². The van der Waals surface area contributed by atoms with Gasteiger partial charge in [-0.05, 0) is 35.9 Å². The van der Waals surface area contributed by atoms with Crippen molar-refractivity contribution in [2.75, 3.05) is 12.9 Å². The van der Waals surface area contributed by atoms with Gasteiger partial charge in [0.25, 0.3) is 0 Å². The van der Waals surface area contributed by atoms with Crippen molar-refractivity contribution >= 4 is 50.8 Å². The van der Waals surface area contributed by atoms with E-state index in [4.69, 9.17) is 16.3 Å². The van der Waals surface area contributed by atoms with E-state index in [1.807, 2.05) is 42.5 Å². The molecule has 0 aliphatic rings. The van der Waals surface area contributed by atoms with Crippen molar-refractivity contribution in [3.8, 4) is 5.75 Å². The molecule has 4 nitrogen and oxygen atoms in total. The van der Waals surface area contributed by atoms with Crippen molar-refractivity contribution in [1.29, 1.82) is 0 Å². The molecule has 2 aromatic carbocycles. The maximum absolute atomic E-state index is 12.0. The SMILES string of the molecule is COc1ccc(CNC(=O)CSc2nc3cc(Cl)ccc3s2)cc1. The standard InChI is InChI=1S/C17H15ClN2O2S2/c1-22-13-5-2-11(3-6-13)9-19-16(21)10-23-17-20-14-8-12(18)4-7-15(14)24-17/h2-8H,9-10H2,1H3,(H,19,21). The summed E-state index contributed by atoms with van der Waals surface area (Å²) in [5.74, 6) is 1.12. The maximum atomic E-state index is 12.0. The molecule has 1 N–H and O–H groups in total. The predicted molar refractivity (Wildman–Crippen MR) is 100 cm³/mol. The first-order chi connectivity index (χ1) is 11.6. The predicted octanol–water partition coefficient (Wildman–Crippen LogP) is 4.37. The van der Waals surface area contributed by atoms with Crippen LogP contribution < -0.4 is 10.1 Å². The number of thiazole rings is 1. The number of carbonyl (C=O) groups is 1. The molecular weight excluding hydrogens is 364 g/mol. The monoisotopic (exact) mass is 378 g/mol. The number of amides is 1. The van der Waals surface area contributed by atoms with Gasteiger partial charge in [-0.1, -0.05) is 35.5 Å². The fourth-order valence-electron chi connectivity index (χ4n) is 2.06. The van der Waals surface area contributed by atoms with E-state index in [-0.39, 0.29) is 5.91 Å². The van der Waals surface area contributed by atoms with Crippen molar-refractivity contribution < 1.29 is 9.53 Å². The summed E-state index contributed by atoms with van der Waals surface area (Å²) >= 11 is 8.96. The lowest BCUT2D eigenvalue weighted by atomic mass is 10.2. The highest BCUT2D eigenvalue weighted by Gasteiger charge is 2.08. The zero-order valence-electron chi connectivity index (χ0n) is 12.9. The van der Waals surface area contributed by atoms with Crippen molar-refractivity contribution in [1.82, 2.24) is 10.3 Å². The number of thioether (sulfide) groups is 1. The van der Waals surface area contributed by atoms with E-state index in [1.54, 1.807) is 18.4 Å². The summed E-state index contributed by atoms with van der Waals surface area (Å²) in [5.41, 5.74) is 1.90. The van der Waals surface area contributed by atoms with Gasteiger partial charge in [-0.15, -0.1) is 11.3 Å². The lowest BCUT2D eigenvalue weighted by molar-refractivity contribution is -0.118. The highest BCUT2D eigenvalue weighted by Crippen LogP contribution is 2.30. The van der Waals surface area contributed by atoms with E-state index >= 15 is 0 Å². The molecular formula is C17H15ClN2O2S2. The first-order valence-electron chi connectivity index (χ1n) is 7.22. The van der Waals surface area contributed by atoms with Crippen LogP contribution in [0.3, 0.4) is 0 Å². The lowest BCUT2D eigenvalue weighted by Crippen LogP contribution is -2.24. The number of carbonyl (C=O) groups excluding carboxylic acids is 1. The Kier molecular flexibility index (Phi) is 5.60. The van der Waals surface area contributed by atoms with E-state index < -0.39 is 0 Å². The zero-order chi connectivity index (χ0) is 16.9. The first kappa shape index (κ1) is 17.1. The number of aromatic nitrogens is 1. The molecule has 1 heterocycles. The third-order valence-corrected chi connectivity index (χ3v) is 5.72. The highest BCUT2D eigenvalue weighted by molar-refractivity contribution is 8.01. The van der Waals surface area contributed by atoms with E-state index in [9.17, 15) is 4.79 Å². The quantitative estimate of drug-likeness (QED) is 0.647. The number of nitrogens with one attached hydrogen (secondary N) is 1. The van der Waals surface area contributed by atoms with Gasteiger partial charge in [0.1, 0.15) is 5.75 Å². The topological polar surface area (TPSA) is 51.2 Å². The molecule has 0 aliphatic carbocycles. The number of benzene rings is 2. The smallest absolute Gasteiger partial charge is 0.230 e. The Labute approximate surface area is 153 Å². The maximum Gasteiger partial charge on any atom is 0.230 e. The first-order valence-corrected chi connectivity index (χ1v) is 9.40. The van der Waals surface area contributed by atoms with Crippen molar-refractivity contribution in [3.63, 3.8) is 0 Å². The van der Waals surface area contributed by atoms with Crippen molar-refractivity contribution in [2.45, 2.75) is 10.9 Å². The minimum atomic E-state index is -0.0203. The molecule has 0 spiro atoms. The Morgan fingerprint density at radius 3 is 2.83 bits per heavy atom. The molecule has 0 atom stereocenters. The molecule has 24 heavy (non-hydrogen) atoms. The Balaban J connectivity index is 1.50. The largest absolute Gasteiger partial charge is 0.497 e. The molecule has 3 aromatic rings. The summed E-state index contributed by atoms with van der Waals surface area (Å²) in [7, 11) is 1.63. The molecule has 0 radical (unpaired) electrons. The molecule has 1 aromatic heterocycles. The average Bonchev–Trinajstić information content (AvgIpc) is 3.00. The molecule has 0 saturated carbocycles. The fraction of sp³-hybridized carbons (Fsp3) is 0.176. The van der Waals surface area contributed by atoms with Gasteiger partial charge >= 0.3 is 0 Å². The Bertz CT molecular complexity index is 849. The van der Waals surface area contributed by atoms with Crippen LogP contribution in [0.1, 0.15) is 5.56 Å². The van der Waals surface area contributed by atoms with Crippen LogP contribution in [0, 0.1) is 0 Å². The van der Waals surface area contributed by atoms with Gasteiger partial charge in [-0.2, -0.15) is 0 Å². The van der Waals surface area contributed by atoms with Gasteiger partial charge in [0.2, 0.25) is 5.91 Å². The van der Waals surface area contributed by atoms with Gasteiger partial charge in [0, 0.05) is 11.6 Å². The summed E-state index contributed by atoms with van der Waals surface area (Å²) in [6.07, 6.45) is 0. The summed E-state index contributed by atoms with van der Waals surface area (Å²) in [6, 6.07) is 13.3. The number of hydrogen-bond donors (Lipinski definition) is 1. The number of halogens is 1. The van der Waals surface area contributed by atoms with Crippen LogP contribution >= 0.6 is 34.7 Å². The Hall–Kier alpha value is -1.76. The Morgan fingerprint density at radius 1 is 1.29 bits per heavy atom. The molecule has 1 amide bonds. The van der Waals surface area contributed by atoms with E-state index in [0.717, 1.165) is 25.9 Å². The van der Waals surface area contributed by atoms with Crippen LogP contribution in [0.5, 0.6) is 5.75 Å². The van der Waals surface area contributed by atoms with Crippen LogP contribution in [0.4, 0.5) is 0 Å². The van der Waals surface area contributed by atoms with Gasteiger partial charge in [0.15, 0.2) is 4.34 Å². The van der Waals surface area contributed by atoms with E-state index in [0.29, 0.717) is 17.3 Å². The van der Waals surface area contributed by atoms with Crippen molar-refractivity contribution in [3.05, 3.63) is 53.1 Å². The van der Waals surface area contributed by atoms with Gasteiger partial charge in [0.05, 0.1) is 23.1 Å². The van der Waals surface area contributed by atoms with Crippen LogP contribution in [-0.4, -0.2) is 23.8 Å². The Morgan fingerprint density at radius 2 is 2.08 bits per heavy atom. The summed E-state index contributed by atoms with van der Waals surface area (Å²) in [6.45, 7) is 0.499.